The van der Waals surface area contributed by atoms with Crippen molar-refractivity contribution in [2.45, 2.75) is 38.2 Å². The molecule has 1 saturated carbocycles. The minimum atomic E-state index is -0.321. The Hall–Kier alpha value is -3.21. The van der Waals surface area contributed by atoms with Gasteiger partial charge >= 0.3 is 5.97 Å². The second-order valence-corrected chi connectivity index (χ2v) is 7.59. The molecule has 30 heavy (non-hydrogen) atoms. The topological polar surface area (TPSA) is 70.8 Å². The lowest BCUT2D eigenvalue weighted by Crippen LogP contribution is -2.21. The summed E-state index contributed by atoms with van der Waals surface area (Å²) in [6.07, 6.45) is 5.34. The lowest BCUT2D eigenvalue weighted by molar-refractivity contribution is 0.0211. The van der Waals surface area contributed by atoms with Crippen molar-refractivity contribution in [1.29, 1.82) is 0 Å². The van der Waals surface area contributed by atoms with E-state index in [1.165, 1.54) is 6.42 Å². The van der Waals surface area contributed by atoms with Crippen LogP contribution in [0.2, 0.25) is 0 Å². The number of hydrogen-bond donors (Lipinski definition) is 1. The van der Waals surface area contributed by atoms with Gasteiger partial charge in [0.05, 0.1) is 11.3 Å². The molecule has 0 atom stereocenters. The molecule has 5 heteroatoms. The van der Waals surface area contributed by atoms with E-state index in [0.717, 1.165) is 42.2 Å². The molecule has 0 saturated heterocycles. The summed E-state index contributed by atoms with van der Waals surface area (Å²) in [6.45, 7) is 0.679. The Kier molecular flexibility index (Phi) is 6.38. The Balaban J connectivity index is 1.34. The van der Waals surface area contributed by atoms with E-state index in [2.05, 4.69) is 12.1 Å². The van der Waals surface area contributed by atoms with Crippen LogP contribution in [-0.2, 0) is 4.74 Å². The summed E-state index contributed by atoms with van der Waals surface area (Å²) in [5.41, 5.74) is 6.96. The van der Waals surface area contributed by atoms with Crippen LogP contribution >= 0.6 is 0 Å². The van der Waals surface area contributed by atoms with Crippen molar-refractivity contribution in [3.05, 3.63) is 66.2 Å². The van der Waals surface area contributed by atoms with Gasteiger partial charge in [-0.2, -0.15) is 0 Å². The van der Waals surface area contributed by atoms with Crippen LogP contribution in [0.4, 0.5) is 5.69 Å². The average molecular weight is 405 g/mol. The van der Waals surface area contributed by atoms with Crippen LogP contribution in [0.25, 0.3) is 10.8 Å². The summed E-state index contributed by atoms with van der Waals surface area (Å²) in [5, 5.41) is 2.19. The molecule has 2 N–H and O–H groups in total. The Labute approximate surface area is 176 Å². The van der Waals surface area contributed by atoms with Gasteiger partial charge in [0.25, 0.3) is 0 Å². The number of hydrogen-bond acceptors (Lipinski definition) is 5. The number of esters is 1. The third-order valence-corrected chi connectivity index (χ3v) is 5.42. The average Bonchev–Trinajstić information content (AvgIpc) is 2.78. The predicted octanol–water partition coefficient (Wildman–Crippen LogP) is 5.37. The summed E-state index contributed by atoms with van der Waals surface area (Å²) in [4.78, 5) is 12.5. The zero-order valence-electron chi connectivity index (χ0n) is 17.0. The van der Waals surface area contributed by atoms with Gasteiger partial charge in [0, 0.05) is 5.39 Å². The normalized spacial score (nSPS) is 14.4. The molecular formula is C25H27NO4. The number of rotatable bonds is 7. The summed E-state index contributed by atoms with van der Waals surface area (Å²) in [5.74, 6) is 0.961. The molecule has 4 rings (SSSR count). The van der Waals surface area contributed by atoms with Crippen LogP contribution in [0.1, 0.15) is 42.5 Å². The minimum absolute atomic E-state index is 0.0160. The van der Waals surface area contributed by atoms with Gasteiger partial charge in [0.15, 0.2) is 0 Å². The van der Waals surface area contributed by atoms with E-state index in [0.29, 0.717) is 30.2 Å². The van der Waals surface area contributed by atoms with Crippen LogP contribution in [0.3, 0.4) is 0 Å². The van der Waals surface area contributed by atoms with Crippen molar-refractivity contribution >= 4 is 22.4 Å². The molecule has 0 heterocycles. The molecule has 0 aliphatic heterocycles. The molecule has 5 nitrogen and oxygen atoms in total. The van der Waals surface area contributed by atoms with E-state index >= 15 is 0 Å². The highest BCUT2D eigenvalue weighted by Gasteiger charge is 2.19. The van der Waals surface area contributed by atoms with Crippen LogP contribution in [0, 0.1) is 0 Å². The number of nitrogen functional groups attached to an aromatic ring is 1. The van der Waals surface area contributed by atoms with Gasteiger partial charge in [-0.1, -0.05) is 42.8 Å². The molecule has 1 aliphatic carbocycles. The smallest absolute Gasteiger partial charge is 0.338 e. The van der Waals surface area contributed by atoms with Gasteiger partial charge < -0.3 is 19.9 Å². The van der Waals surface area contributed by atoms with Gasteiger partial charge in [0.1, 0.15) is 30.8 Å². The van der Waals surface area contributed by atoms with Crippen LogP contribution in [-0.4, -0.2) is 25.3 Å². The zero-order valence-corrected chi connectivity index (χ0v) is 17.0. The summed E-state index contributed by atoms with van der Waals surface area (Å²) >= 11 is 0. The number of benzene rings is 3. The van der Waals surface area contributed by atoms with Crippen LogP contribution in [0.15, 0.2) is 60.7 Å². The highest BCUT2D eigenvalue weighted by molar-refractivity contribution is 5.91. The largest absolute Gasteiger partial charge is 0.489 e. The molecule has 3 aromatic rings. The lowest BCUT2D eigenvalue weighted by Gasteiger charge is -2.22. The second kappa shape index (κ2) is 9.53. The third-order valence-electron chi connectivity index (χ3n) is 5.42. The number of ether oxygens (including phenoxy) is 3. The maximum atomic E-state index is 12.5. The van der Waals surface area contributed by atoms with Crippen molar-refractivity contribution < 1.29 is 19.0 Å². The van der Waals surface area contributed by atoms with Crippen molar-refractivity contribution in [3.63, 3.8) is 0 Å². The first kappa shape index (κ1) is 20.1. The maximum Gasteiger partial charge on any atom is 0.338 e. The predicted molar refractivity (Wildman–Crippen MR) is 118 cm³/mol. The zero-order chi connectivity index (χ0) is 20.8. The van der Waals surface area contributed by atoms with E-state index in [4.69, 9.17) is 19.9 Å². The lowest BCUT2D eigenvalue weighted by atomic mass is 9.98. The fourth-order valence-corrected chi connectivity index (χ4v) is 3.81. The van der Waals surface area contributed by atoms with E-state index in [1.807, 2.05) is 30.3 Å². The van der Waals surface area contributed by atoms with Crippen molar-refractivity contribution in [3.8, 4) is 11.5 Å². The van der Waals surface area contributed by atoms with E-state index in [1.54, 1.807) is 18.2 Å². The standard InChI is InChI=1S/C25H27NO4/c26-22-14-13-19(25(27)30-20-9-2-1-3-10-20)17-24(22)29-16-15-28-23-12-6-8-18-7-4-5-11-21(18)23/h4-8,11-14,17,20H,1-3,9-10,15-16,26H2. The van der Waals surface area contributed by atoms with Crippen molar-refractivity contribution in [1.82, 2.24) is 0 Å². The first-order valence-electron chi connectivity index (χ1n) is 10.5. The summed E-state index contributed by atoms with van der Waals surface area (Å²) in [7, 11) is 0. The molecule has 1 aliphatic rings. The fourth-order valence-electron chi connectivity index (χ4n) is 3.81. The summed E-state index contributed by atoms with van der Waals surface area (Å²) < 4.78 is 17.3. The summed E-state index contributed by atoms with van der Waals surface area (Å²) in [6, 6.07) is 19.1. The number of carbonyl (C=O) groups excluding carboxylic acids is 1. The number of fused-ring (bicyclic) bond motifs is 1. The molecule has 0 bridgehead atoms. The molecule has 3 aromatic carbocycles. The van der Waals surface area contributed by atoms with Crippen LogP contribution in [0.5, 0.6) is 11.5 Å². The Morgan fingerprint density at radius 2 is 1.60 bits per heavy atom. The molecule has 0 spiro atoms. The molecule has 0 radical (unpaired) electrons. The number of anilines is 1. The Morgan fingerprint density at radius 3 is 2.43 bits per heavy atom. The Morgan fingerprint density at radius 1 is 0.867 bits per heavy atom. The quantitative estimate of drug-likeness (QED) is 0.325. The minimum Gasteiger partial charge on any atom is -0.489 e. The molecule has 1 fully saturated rings. The highest BCUT2D eigenvalue weighted by atomic mass is 16.5. The van der Waals surface area contributed by atoms with E-state index < -0.39 is 0 Å². The second-order valence-electron chi connectivity index (χ2n) is 7.59. The monoisotopic (exact) mass is 405 g/mol. The first-order chi connectivity index (χ1) is 14.7. The number of nitrogens with two attached hydrogens (primary N) is 1. The molecule has 0 aromatic heterocycles. The molecule has 0 amide bonds. The van der Waals surface area contributed by atoms with E-state index in [9.17, 15) is 4.79 Å². The van der Waals surface area contributed by atoms with Gasteiger partial charge in [-0.15, -0.1) is 0 Å². The van der Waals surface area contributed by atoms with Gasteiger partial charge in [-0.25, -0.2) is 4.79 Å². The third kappa shape index (κ3) is 4.85. The molecule has 156 valence electrons. The van der Waals surface area contributed by atoms with Gasteiger partial charge in [-0.3, -0.25) is 0 Å². The van der Waals surface area contributed by atoms with Gasteiger partial charge in [-0.05, 0) is 55.3 Å². The van der Waals surface area contributed by atoms with E-state index in [-0.39, 0.29) is 12.1 Å². The fraction of sp³-hybridized carbons (Fsp3) is 0.320. The molecular weight excluding hydrogens is 378 g/mol. The Bertz CT molecular complexity index is 1010. The number of carbonyl (C=O) groups is 1. The molecule has 0 unspecified atom stereocenters. The van der Waals surface area contributed by atoms with Crippen molar-refractivity contribution in [2.24, 2.45) is 0 Å². The SMILES string of the molecule is Nc1ccc(C(=O)OC2CCCCC2)cc1OCCOc1cccc2ccccc12. The van der Waals surface area contributed by atoms with Gasteiger partial charge in [0.2, 0.25) is 0 Å². The van der Waals surface area contributed by atoms with Crippen molar-refractivity contribution in [2.75, 3.05) is 18.9 Å². The first-order valence-corrected chi connectivity index (χ1v) is 10.5. The maximum absolute atomic E-state index is 12.5. The van der Waals surface area contributed by atoms with Crippen LogP contribution < -0.4 is 15.2 Å². The highest BCUT2D eigenvalue weighted by Crippen LogP contribution is 2.27.